The molecule has 2 aromatic rings. The van der Waals surface area contributed by atoms with Crippen LogP contribution in [0, 0.1) is 10.1 Å². The maximum Gasteiger partial charge on any atom is 0.350 e. The molecule has 0 bridgehead atoms. The van der Waals surface area contributed by atoms with Crippen molar-refractivity contribution in [2.45, 2.75) is 0 Å². The summed E-state index contributed by atoms with van der Waals surface area (Å²) in [7, 11) is 1.36. The van der Waals surface area contributed by atoms with Gasteiger partial charge in [-0.25, -0.2) is 4.79 Å². The molecule has 0 atom stereocenters. The summed E-state index contributed by atoms with van der Waals surface area (Å²) in [6.07, 6.45) is 0.571. The molecule has 0 spiro atoms. The Labute approximate surface area is 135 Å². The van der Waals surface area contributed by atoms with E-state index in [1.807, 2.05) is 0 Å². The van der Waals surface area contributed by atoms with E-state index in [1.165, 1.54) is 37.4 Å². The molecule has 0 fully saturated rings. The molecular formula is C15H10ClNO6. The highest BCUT2D eigenvalue weighted by molar-refractivity contribution is 6.31. The minimum Gasteiger partial charge on any atom is -0.493 e. The van der Waals surface area contributed by atoms with Crippen molar-refractivity contribution >= 4 is 29.5 Å². The number of benzene rings is 2. The van der Waals surface area contributed by atoms with Crippen molar-refractivity contribution in [1.82, 2.24) is 0 Å². The Kier molecular flexibility index (Phi) is 4.92. The molecule has 0 saturated carbocycles. The number of hydrogen-bond acceptors (Lipinski definition) is 6. The number of carbonyl (C=O) groups is 2. The van der Waals surface area contributed by atoms with Crippen LogP contribution in [0.2, 0.25) is 5.02 Å². The predicted molar refractivity (Wildman–Crippen MR) is 81.4 cm³/mol. The number of nitro groups is 1. The van der Waals surface area contributed by atoms with Crippen molar-refractivity contribution in [1.29, 1.82) is 0 Å². The second-order valence-electron chi connectivity index (χ2n) is 4.34. The Balaban J connectivity index is 2.40. The Hall–Kier alpha value is -2.93. The summed E-state index contributed by atoms with van der Waals surface area (Å²) < 4.78 is 10.2. The Bertz CT molecular complexity index is 790. The zero-order valence-corrected chi connectivity index (χ0v) is 12.6. The van der Waals surface area contributed by atoms with E-state index in [2.05, 4.69) is 0 Å². The van der Waals surface area contributed by atoms with E-state index in [-0.39, 0.29) is 27.6 Å². The number of hydrogen-bond donors (Lipinski definition) is 0. The Morgan fingerprint density at radius 3 is 2.57 bits per heavy atom. The lowest BCUT2D eigenvalue weighted by Crippen LogP contribution is -2.12. The summed E-state index contributed by atoms with van der Waals surface area (Å²) in [5.41, 5.74) is -0.481. The van der Waals surface area contributed by atoms with Gasteiger partial charge in [0.1, 0.15) is 11.8 Å². The number of rotatable bonds is 5. The lowest BCUT2D eigenvalue weighted by molar-refractivity contribution is -0.385. The van der Waals surface area contributed by atoms with Crippen molar-refractivity contribution in [3.05, 3.63) is 62.7 Å². The first kappa shape index (κ1) is 16.4. The fourth-order valence-corrected chi connectivity index (χ4v) is 2.00. The van der Waals surface area contributed by atoms with E-state index in [9.17, 15) is 19.7 Å². The highest BCUT2D eigenvalue weighted by Crippen LogP contribution is 2.30. The van der Waals surface area contributed by atoms with Crippen molar-refractivity contribution in [3.8, 4) is 11.5 Å². The number of methoxy groups -OCH3 is 1. The van der Waals surface area contributed by atoms with Crippen LogP contribution in [-0.2, 0) is 0 Å². The molecule has 2 rings (SSSR count). The highest BCUT2D eigenvalue weighted by atomic mass is 35.5. The number of esters is 1. The van der Waals surface area contributed by atoms with Crippen LogP contribution in [0.5, 0.6) is 11.5 Å². The summed E-state index contributed by atoms with van der Waals surface area (Å²) in [5.74, 6) is -0.776. The topological polar surface area (TPSA) is 95.7 Å². The van der Waals surface area contributed by atoms with E-state index in [0.717, 1.165) is 6.07 Å². The first-order chi connectivity index (χ1) is 11.0. The summed E-state index contributed by atoms with van der Waals surface area (Å²) in [6, 6.07) is 7.81. The van der Waals surface area contributed by atoms with Gasteiger partial charge in [-0.2, -0.15) is 0 Å². The van der Waals surface area contributed by atoms with Crippen LogP contribution in [0.25, 0.3) is 0 Å². The maximum atomic E-state index is 12.2. The van der Waals surface area contributed by atoms with Crippen LogP contribution in [0.3, 0.4) is 0 Å². The summed E-state index contributed by atoms with van der Waals surface area (Å²) in [4.78, 5) is 33.3. The monoisotopic (exact) mass is 335 g/mol. The average molecular weight is 336 g/mol. The fourth-order valence-electron chi connectivity index (χ4n) is 1.83. The number of carbonyl (C=O) groups excluding carboxylic acids is 2. The van der Waals surface area contributed by atoms with Crippen molar-refractivity contribution < 1.29 is 24.0 Å². The van der Waals surface area contributed by atoms with Crippen LogP contribution >= 0.6 is 11.6 Å². The third-order valence-corrected chi connectivity index (χ3v) is 3.14. The van der Waals surface area contributed by atoms with Gasteiger partial charge in [0.15, 0.2) is 11.5 Å². The van der Waals surface area contributed by atoms with Gasteiger partial charge in [-0.05, 0) is 30.3 Å². The standard InChI is InChI=1S/C15H10ClNO6/c1-22-13-5-2-9(8-18)6-14(13)23-15(19)11-4-3-10(16)7-12(11)17(20)21/h2-8H,1H3. The first-order valence-corrected chi connectivity index (χ1v) is 6.63. The Morgan fingerprint density at radius 2 is 1.96 bits per heavy atom. The van der Waals surface area contributed by atoms with Gasteiger partial charge in [-0.1, -0.05) is 11.6 Å². The van der Waals surface area contributed by atoms with Gasteiger partial charge in [0.25, 0.3) is 5.69 Å². The quantitative estimate of drug-likeness (QED) is 0.273. The minimum atomic E-state index is -0.963. The normalized spacial score (nSPS) is 10.0. The van der Waals surface area contributed by atoms with E-state index in [4.69, 9.17) is 21.1 Å². The third kappa shape index (κ3) is 3.64. The van der Waals surface area contributed by atoms with Crippen LogP contribution in [0.4, 0.5) is 5.69 Å². The molecule has 0 N–H and O–H groups in total. The molecule has 8 heteroatoms. The SMILES string of the molecule is COc1ccc(C=O)cc1OC(=O)c1ccc(Cl)cc1[N+](=O)[O-]. The first-order valence-electron chi connectivity index (χ1n) is 6.25. The molecule has 0 saturated heterocycles. The van der Waals surface area contributed by atoms with Crippen molar-refractivity contribution in [3.63, 3.8) is 0 Å². The highest BCUT2D eigenvalue weighted by Gasteiger charge is 2.23. The molecule has 0 aromatic heterocycles. The summed E-state index contributed by atoms with van der Waals surface area (Å²) in [5, 5.41) is 11.1. The van der Waals surface area contributed by atoms with Gasteiger partial charge < -0.3 is 9.47 Å². The number of nitro benzene ring substituents is 1. The fraction of sp³-hybridized carbons (Fsp3) is 0.0667. The molecule has 0 amide bonds. The lowest BCUT2D eigenvalue weighted by Gasteiger charge is -2.10. The summed E-state index contributed by atoms with van der Waals surface area (Å²) >= 11 is 5.70. The second kappa shape index (κ2) is 6.89. The van der Waals surface area contributed by atoms with Crippen molar-refractivity contribution in [2.24, 2.45) is 0 Å². The molecule has 118 valence electrons. The number of nitrogens with zero attached hydrogens (tertiary/aromatic N) is 1. The molecule has 0 unspecified atom stereocenters. The van der Waals surface area contributed by atoms with Gasteiger partial charge in [-0.15, -0.1) is 0 Å². The van der Waals surface area contributed by atoms with E-state index in [0.29, 0.717) is 6.29 Å². The molecule has 0 aliphatic heterocycles. The molecule has 0 heterocycles. The van der Waals surface area contributed by atoms with Gasteiger partial charge in [-0.3, -0.25) is 14.9 Å². The molecule has 2 aromatic carbocycles. The van der Waals surface area contributed by atoms with E-state index < -0.39 is 16.6 Å². The number of halogens is 1. The third-order valence-electron chi connectivity index (χ3n) is 2.90. The van der Waals surface area contributed by atoms with Crippen LogP contribution in [0.15, 0.2) is 36.4 Å². The largest absolute Gasteiger partial charge is 0.493 e. The van der Waals surface area contributed by atoms with Gasteiger partial charge in [0, 0.05) is 16.7 Å². The molecule has 0 radical (unpaired) electrons. The molecule has 23 heavy (non-hydrogen) atoms. The smallest absolute Gasteiger partial charge is 0.350 e. The zero-order chi connectivity index (χ0) is 17.0. The average Bonchev–Trinajstić information content (AvgIpc) is 2.54. The number of aldehydes is 1. The van der Waals surface area contributed by atoms with Crippen LogP contribution in [0.1, 0.15) is 20.7 Å². The molecule has 7 nitrogen and oxygen atoms in total. The van der Waals surface area contributed by atoms with Gasteiger partial charge in [0.05, 0.1) is 12.0 Å². The zero-order valence-electron chi connectivity index (χ0n) is 11.8. The van der Waals surface area contributed by atoms with E-state index >= 15 is 0 Å². The van der Waals surface area contributed by atoms with E-state index in [1.54, 1.807) is 0 Å². The minimum absolute atomic E-state index is 0.0219. The van der Waals surface area contributed by atoms with Gasteiger partial charge in [0.2, 0.25) is 0 Å². The molecular weight excluding hydrogens is 326 g/mol. The second-order valence-corrected chi connectivity index (χ2v) is 4.77. The van der Waals surface area contributed by atoms with Crippen molar-refractivity contribution in [2.75, 3.05) is 7.11 Å². The van der Waals surface area contributed by atoms with Gasteiger partial charge >= 0.3 is 5.97 Å². The summed E-state index contributed by atoms with van der Waals surface area (Å²) in [6.45, 7) is 0. The molecule has 0 aliphatic carbocycles. The van der Waals surface area contributed by atoms with Crippen LogP contribution in [-0.4, -0.2) is 24.3 Å². The van der Waals surface area contributed by atoms with Crippen LogP contribution < -0.4 is 9.47 Å². The maximum absolute atomic E-state index is 12.2. The Morgan fingerprint density at radius 1 is 1.22 bits per heavy atom. The predicted octanol–water partition coefficient (Wildman–Crippen LogP) is 3.29. The lowest BCUT2D eigenvalue weighted by atomic mass is 10.2. The molecule has 0 aliphatic rings. The number of ether oxygens (including phenoxy) is 2.